The summed E-state index contributed by atoms with van der Waals surface area (Å²) in [6.07, 6.45) is 2.30. The van der Waals surface area contributed by atoms with Crippen molar-refractivity contribution in [1.82, 2.24) is 18.7 Å². The van der Waals surface area contributed by atoms with Crippen LogP contribution in [-0.2, 0) is 21.9 Å². The van der Waals surface area contributed by atoms with Gasteiger partial charge in [0.05, 0.1) is 16.7 Å². The van der Waals surface area contributed by atoms with Gasteiger partial charge in [0.15, 0.2) is 11.3 Å². The maximum absolute atomic E-state index is 13.2. The number of carbonyl (C=O) groups is 2. The van der Waals surface area contributed by atoms with E-state index in [1.54, 1.807) is 35.0 Å². The number of nitrogens with zero attached hydrogens (tertiary/aromatic N) is 4. The Labute approximate surface area is 201 Å². The van der Waals surface area contributed by atoms with Crippen LogP contribution >= 0.6 is 0 Å². The fraction of sp³-hybridized carbons (Fsp3) is 0.435. The lowest BCUT2D eigenvalue weighted by molar-refractivity contribution is -0.138. The van der Waals surface area contributed by atoms with Gasteiger partial charge in [0, 0.05) is 58.3 Å². The van der Waals surface area contributed by atoms with Crippen molar-refractivity contribution in [3.63, 3.8) is 0 Å². The van der Waals surface area contributed by atoms with Gasteiger partial charge in [-0.1, -0.05) is 0 Å². The summed E-state index contributed by atoms with van der Waals surface area (Å²) < 4.78 is 39.3. The third-order valence-corrected chi connectivity index (χ3v) is 8.71. The predicted molar refractivity (Wildman–Crippen MR) is 124 cm³/mol. The Bertz CT molecular complexity index is 1410. The first-order valence-corrected chi connectivity index (χ1v) is 12.9. The minimum Gasteiger partial charge on any atom is -0.459 e. The van der Waals surface area contributed by atoms with E-state index in [-0.39, 0.29) is 47.1 Å². The molecule has 1 aromatic carbocycles. The molecule has 0 N–H and O–H groups in total. The van der Waals surface area contributed by atoms with Crippen molar-refractivity contribution >= 4 is 32.9 Å². The quantitative estimate of drug-likeness (QED) is 0.523. The van der Waals surface area contributed by atoms with Crippen LogP contribution in [0.2, 0.25) is 0 Å². The molecule has 3 aromatic rings. The highest BCUT2D eigenvalue weighted by Crippen LogP contribution is 2.27. The van der Waals surface area contributed by atoms with E-state index in [2.05, 4.69) is 0 Å². The number of fused-ring (bicyclic) bond motifs is 1. The summed E-state index contributed by atoms with van der Waals surface area (Å²) in [5.41, 5.74) is 0.734. The fourth-order valence-electron chi connectivity index (χ4n) is 4.71. The van der Waals surface area contributed by atoms with Gasteiger partial charge in [-0.25, -0.2) is 13.2 Å². The number of rotatable bonds is 4. The summed E-state index contributed by atoms with van der Waals surface area (Å²) >= 11 is 0. The molecule has 2 aromatic heterocycles. The second kappa shape index (κ2) is 9.00. The topological polar surface area (TPSA) is 126 Å². The summed E-state index contributed by atoms with van der Waals surface area (Å²) in [7, 11) is -2.23. The Balaban J connectivity index is 1.18. The largest absolute Gasteiger partial charge is 0.459 e. The number of amides is 2. The summed E-state index contributed by atoms with van der Waals surface area (Å²) in [4.78, 5) is 40.7. The van der Waals surface area contributed by atoms with Gasteiger partial charge in [0.25, 0.3) is 5.91 Å². The van der Waals surface area contributed by atoms with Gasteiger partial charge in [0.1, 0.15) is 0 Å². The van der Waals surface area contributed by atoms with E-state index in [0.717, 1.165) is 0 Å². The highest BCUT2D eigenvalue weighted by atomic mass is 32.2. The van der Waals surface area contributed by atoms with Crippen LogP contribution in [0.1, 0.15) is 23.4 Å². The Hall–Kier alpha value is -3.38. The number of carbonyl (C=O) groups excluding carboxylic acids is 2. The average molecular weight is 503 g/mol. The van der Waals surface area contributed by atoms with Crippen molar-refractivity contribution < 1.29 is 26.8 Å². The summed E-state index contributed by atoms with van der Waals surface area (Å²) in [5.74, 6) is -0.719. The Morgan fingerprint density at radius 2 is 1.66 bits per heavy atom. The van der Waals surface area contributed by atoms with Crippen LogP contribution in [-0.4, -0.2) is 78.2 Å². The molecule has 5 rings (SSSR count). The van der Waals surface area contributed by atoms with Crippen molar-refractivity contribution in [1.29, 1.82) is 0 Å². The fourth-order valence-corrected chi connectivity index (χ4v) is 6.20. The summed E-state index contributed by atoms with van der Waals surface area (Å²) in [6, 6.07) is 7.67. The Morgan fingerprint density at radius 1 is 0.971 bits per heavy atom. The molecule has 0 unspecified atom stereocenters. The number of oxazole rings is 1. The van der Waals surface area contributed by atoms with Crippen LogP contribution in [0.4, 0.5) is 0 Å². The number of piperazine rings is 1. The molecule has 0 saturated carbocycles. The van der Waals surface area contributed by atoms with Crippen LogP contribution in [0.5, 0.6) is 0 Å². The van der Waals surface area contributed by atoms with E-state index >= 15 is 0 Å². The van der Waals surface area contributed by atoms with E-state index in [9.17, 15) is 22.8 Å². The van der Waals surface area contributed by atoms with Gasteiger partial charge in [-0.15, -0.1) is 0 Å². The highest BCUT2D eigenvalue weighted by molar-refractivity contribution is 7.89. The standard InChI is InChI=1S/C23H26N4O7S/c1-24-18-5-4-17(15-20(18)34-23(24)30)35(31,32)27-8-6-16(7-9-27)21(28)25-10-12-26(13-11-25)22(29)19-3-2-14-33-19/h2-5,14-16H,6-13H2,1H3. The van der Waals surface area contributed by atoms with Crippen LogP contribution < -0.4 is 5.76 Å². The normalized spacial score (nSPS) is 18.3. The molecule has 35 heavy (non-hydrogen) atoms. The van der Waals surface area contributed by atoms with Crippen molar-refractivity contribution in [2.24, 2.45) is 13.0 Å². The summed E-state index contributed by atoms with van der Waals surface area (Å²) in [5, 5.41) is 0. The third kappa shape index (κ3) is 4.27. The number of hydrogen-bond donors (Lipinski definition) is 0. The first-order valence-electron chi connectivity index (χ1n) is 11.5. The Morgan fingerprint density at radius 3 is 2.31 bits per heavy atom. The number of piperidine rings is 1. The molecule has 0 aliphatic carbocycles. The molecule has 12 heteroatoms. The van der Waals surface area contributed by atoms with Gasteiger partial charge in [-0.2, -0.15) is 4.31 Å². The van der Waals surface area contributed by atoms with Gasteiger partial charge >= 0.3 is 5.76 Å². The zero-order valence-electron chi connectivity index (χ0n) is 19.3. The monoisotopic (exact) mass is 502 g/mol. The molecular weight excluding hydrogens is 476 g/mol. The van der Waals surface area contributed by atoms with E-state index in [1.807, 2.05) is 0 Å². The number of benzene rings is 1. The molecular formula is C23H26N4O7S. The van der Waals surface area contributed by atoms with E-state index in [4.69, 9.17) is 8.83 Å². The number of aromatic nitrogens is 1. The molecule has 11 nitrogen and oxygen atoms in total. The van der Waals surface area contributed by atoms with Crippen molar-refractivity contribution in [3.8, 4) is 0 Å². The van der Waals surface area contributed by atoms with Gasteiger partial charge in [-0.05, 0) is 37.1 Å². The number of furan rings is 1. The van der Waals surface area contributed by atoms with Crippen molar-refractivity contribution in [2.75, 3.05) is 39.3 Å². The molecule has 2 fully saturated rings. The van der Waals surface area contributed by atoms with Gasteiger partial charge in [-0.3, -0.25) is 14.2 Å². The molecule has 186 valence electrons. The van der Waals surface area contributed by atoms with Crippen LogP contribution in [0.3, 0.4) is 0 Å². The molecule has 0 spiro atoms. The second-order valence-corrected chi connectivity index (χ2v) is 10.8. The van der Waals surface area contributed by atoms with Crippen LogP contribution in [0.25, 0.3) is 11.1 Å². The smallest absolute Gasteiger partial charge is 0.419 e. The maximum atomic E-state index is 13.2. The zero-order chi connectivity index (χ0) is 24.7. The number of sulfonamides is 1. The molecule has 0 atom stereocenters. The van der Waals surface area contributed by atoms with Crippen LogP contribution in [0, 0.1) is 5.92 Å². The van der Waals surface area contributed by atoms with Gasteiger partial charge < -0.3 is 18.6 Å². The first kappa shape index (κ1) is 23.4. The molecule has 2 amide bonds. The first-order chi connectivity index (χ1) is 16.8. The number of aryl methyl sites for hydroxylation is 1. The maximum Gasteiger partial charge on any atom is 0.419 e. The minimum atomic E-state index is -3.79. The predicted octanol–water partition coefficient (Wildman–Crippen LogP) is 1.11. The van der Waals surface area contributed by atoms with Crippen molar-refractivity contribution in [3.05, 3.63) is 52.9 Å². The van der Waals surface area contributed by atoms with E-state index in [0.29, 0.717) is 44.5 Å². The highest BCUT2D eigenvalue weighted by Gasteiger charge is 2.35. The Kier molecular flexibility index (Phi) is 6.01. The lowest BCUT2D eigenvalue weighted by Gasteiger charge is -2.38. The number of hydrogen-bond acceptors (Lipinski definition) is 7. The van der Waals surface area contributed by atoms with Crippen molar-refractivity contribution in [2.45, 2.75) is 17.7 Å². The average Bonchev–Trinajstić information content (AvgIpc) is 3.51. The lowest BCUT2D eigenvalue weighted by atomic mass is 9.96. The van der Waals surface area contributed by atoms with E-state index in [1.165, 1.54) is 27.3 Å². The molecule has 2 aliphatic rings. The molecule has 2 saturated heterocycles. The molecule has 0 radical (unpaired) electrons. The third-order valence-electron chi connectivity index (χ3n) is 6.82. The SMILES string of the molecule is Cn1c(=O)oc2cc(S(=O)(=O)N3CCC(C(=O)N4CCN(C(=O)c5ccco5)CC4)CC3)ccc21. The summed E-state index contributed by atoms with van der Waals surface area (Å²) in [6.45, 7) is 2.18. The lowest BCUT2D eigenvalue weighted by Crippen LogP contribution is -2.53. The zero-order valence-corrected chi connectivity index (χ0v) is 20.1. The molecule has 4 heterocycles. The van der Waals surface area contributed by atoms with E-state index < -0.39 is 15.8 Å². The molecule has 0 bridgehead atoms. The van der Waals surface area contributed by atoms with Gasteiger partial charge in [0.2, 0.25) is 15.9 Å². The molecule has 2 aliphatic heterocycles. The second-order valence-electron chi connectivity index (χ2n) is 8.83. The minimum absolute atomic E-state index is 0.000346. The van der Waals surface area contributed by atoms with Crippen LogP contribution in [0.15, 0.2) is 55.1 Å².